The van der Waals surface area contributed by atoms with E-state index in [9.17, 15) is 18.0 Å². The van der Waals surface area contributed by atoms with Crippen LogP contribution in [-0.4, -0.2) is 19.1 Å². The van der Waals surface area contributed by atoms with Crippen molar-refractivity contribution in [3.63, 3.8) is 0 Å². The molecule has 2 atom stereocenters. The third kappa shape index (κ3) is 2.70. The van der Waals surface area contributed by atoms with Crippen LogP contribution in [0.5, 0.6) is 0 Å². The van der Waals surface area contributed by atoms with E-state index in [1.54, 1.807) is 6.08 Å². The van der Waals surface area contributed by atoms with Gasteiger partial charge in [-0.05, 0) is 24.5 Å². The van der Waals surface area contributed by atoms with Crippen LogP contribution in [0.3, 0.4) is 0 Å². The topological polar surface area (TPSA) is 52.3 Å². The summed E-state index contributed by atoms with van der Waals surface area (Å²) in [6.07, 6.45) is 2.07. The third-order valence-electron chi connectivity index (χ3n) is 3.48. The van der Waals surface area contributed by atoms with Crippen LogP contribution < -0.4 is 5.73 Å². The first-order valence-electron chi connectivity index (χ1n) is 6.11. The molecular weight excluding hydrogens is 271 g/mol. The summed E-state index contributed by atoms with van der Waals surface area (Å²) < 4.78 is 44.5. The van der Waals surface area contributed by atoms with E-state index in [0.29, 0.717) is 11.6 Å². The van der Waals surface area contributed by atoms with Crippen molar-refractivity contribution in [2.45, 2.75) is 24.8 Å². The van der Waals surface area contributed by atoms with E-state index in [4.69, 9.17) is 5.73 Å². The van der Waals surface area contributed by atoms with E-state index in [1.807, 2.05) is 0 Å². The Balaban J connectivity index is 2.30. The van der Waals surface area contributed by atoms with Crippen LogP contribution in [0.1, 0.15) is 24.3 Å². The highest BCUT2D eigenvalue weighted by atomic mass is 19.2. The third-order valence-corrected chi connectivity index (χ3v) is 3.48. The van der Waals surface area contributed by atoms with Crippen molar-refractivity contribution < 1.29 is 22.7 Å². The summed E-state index contributed by atoms with van der Waals surface area (Å²) in [5.41, 5.74) is 6.36. The zero-order chi connectivity index (χ0) is 14.9. The first kappa shape index (κ1) is 14.6. The number of ether oxygens (including phenoxy) is 1. The number of carbonyl (C=O) groups is 1. The first-order chi connectivity index (χ1) is 9.43. The number of allylic oxidation sites excluding steroid dienone is 1. The van der Waals surface area contributed by atoms with E-state index >= 15 is 0 Å². The van der Waals surface area contributed by atoms with Crippen LogP contribution in [0.2, 0.25) is 0 Å². The van der Waals surface area contributed by atoms with Crippen molar-refractivity contribution in [1.82, 2.24) is 0 Å². The molecule has 108 valence electrons. The quantitative estimate of drug-likeness (QED) is 0.670. The van der Waals surface area contributed by atoms with Crippen LogP contribution in [0.4, 0.5) is 13.2 Å². The first-order valence-corrected chi connectivity index (χ1v) is 6.11. The lowest BCUT2D eigenvalue weighted by Crippen LogP contribution is -2.33. The molecule has 2 rings (SSSR count). The van der Waals surface area contributed by atoms with Gasteiger partial charge in [-0.3, -0.25) is 0 Å². The lowest BCUT2D eigenvalue weighted by molar-refractivity contribution is -0.136. The van der Waals surface area contributed by atoms with Crippen molar-refractivity contribution in [1.29, 1.82) is 0 Å². The van der Waals surface area contributed by atoms with Crippen molar-refractivity contribution in [2.75, 3.05) is 7.11 Å². The molecule has 0 spiro atoms. The molecule has 20 heavy (non-hydrogen) atoms. The summed E-state index contributed by atoms with van der Waals surface area (Å²) in [6, 6.07) is 0.775. The molecule has 0 saturated carbocycles. The molecule has 0 aliphatic heterocycles. The van der Waals surface area contributed by atoms with Gasteiger partial charge in [0.1, 0.15) is 5.82 Å². The molecular formula is C14H14F3NO2. The maximum absolute atomic E-state index is 13.7. The SMILES string of the molecule is COC(=O)C1=CCC(c2cc(F)c(F)cc2F)C(N)C1. The minimum atomic E-state index is -1.23. The summed E-state index contributed by atoms with van der Waals surface area (Å²) in [5, 5.41) is 0. The maximum atomic E-state index is 13.7. The van der Waals surface area contributed by atoms with Crippen LogP contribution in [0.15, 0.2) is 23.8 Å². The fraction of sp³-hybridized carbons (Fsp3) is 0.357. The average molecular weight is 285 g/mol. The molecule has 2 N–H and O–H groups in total. The fourth-order valence-corrected chi connectivity index (χ4v) is 2.40. The van der Waals surface area contributed by atoms with E-state index in [1.165, 1.54) is 7.11 Å². The van der Waals surface area contributed by atoms with Crippen LogP contribution in [-0.2, 0) is 9.53 Å². The largest absolute Gasteiger partial charge is 0.466 e. The Labute approximate surface area is 114 Å². The Bertz CT molecular complexity index is 572. The summed E-state index contributed by atoms with van der Waals surface area (Å²) >= 11 is 0. The molecule has 0 aromatic heterocycles. The molecule has 1 aliphatic carbocycles. The predicted molar refractivity (Wildman–Crippen MR) is 66.4 cm³/mol. The van der Waals surface area contributed by atoms with E-state index in [2.05, 4.69) is 4.74 Å². The summed E-state index contributed by atoms with van der Waals surface area (Å²) in [6.45, 7) is 0. The molecule has 1 aromatic carbocycles. The van der Waals surface area contributed by atoms with E-state index in [-0.39, 0.29) is 18.4 Å². The monoisotopic (exact) mass is 285 g/mol. The minimum Gasteiger partial charge on any atom is -0.466 e. The molecule has 0 bridgehead atoms. The molecule has 0 radical (unpaired) electrons. The van der Waals surface area contributed by atoms with Crippen LogP contribution in [0.25, 0.3) is 0 Å². The second-order valence-electron chi connectivity index (χ2n) is 4.72. The maximum Gasteiger partial charge on any atom is 0.333 e. The second-order valence-corrected chi connectivity index (χ2v) is 4.72. The number of hydrogen-bond acceptors (Lipinski definition) is 3. The fourth-order valence-electron chi connectivity index (χ4n) is 2.40. The Kier molecular flexibility index (Phi) is 4.13. The molecule has 6 heteroatoms. The number of benzene rings is 1. The van der Waals surface area contributed by atoms with Gasteiger partial charge >= 0.3 is 5.97 Å². The molecule has 0 amide bonds. The van der Waals surface area contributed by atoms with Gasteiger partial charge in [-0.15, -0.1) is 0 Å². The van der Waals surface area contributed by atoms with Crippen molar-refractivity contribution in [3.05, 3.63) is 46.8 Å². The number of halogens is 3. The van der Waals surface area contributed by atoms with E-state index in [0.717, 1.165) is 6.07 Å². The lowest BCUT2D eigenvalue weighted by atomic mass is 9.80. The Morgan fingerprint density at radius 3 is 2.50 bits per heavy atom. The minimum absolute atomic E-state index is 0.0246. The molecule has 2 unspecified atom stereocenters. The number of nitrogens with two attached hydrogens (primary N) is 1. The number of carbonyl (C=O) groups excluding carboxylic acids is 1. The van der Waals surface area contributed by atoms with Crippen LogP contribution >= 0.6 is 0 Å². The van der Waals surface area contributed by atoms with Gasteiger partial charge in [-0.25, -0.2) is 18.0 Å². The highest BCUT2D eigenvalue weighted by Crippen LogP contribution is 2.34. The molecule has 3 nitrogen and oxygen atoms in total. The Hall–Kier alpha value is -1.82. The average Bonchev–Trinajstić information content (AvgIpc) is 2.42. The van der Waals surface area contributed by atoms with Crippen LogP contribution in [0, 0.1) is 17.5 Å². The second kappa shape index (κ2) is 5.66. The molecule has 0 heterocycles. The zero-order valence-corrected chi connectivity index (χ0v) is 10.8. The number of esters is 1. The molecule has 0 fully saturated rings. The number of methoxy groups -OCH3 is 1. The molecule has 1 aromatic rings. The van der Waals surface area contributed by atoms with Gasteiger partial charge in [-0.1, -0.05) is 6.08 Å². The normalized spacial score (nSPS) is 22.4. The van der Waals surface area contributed by atoms with Gasteiger partial charge < -0.3 is 10.5 Å². The standard InChI is InChI=1S/C14H14F3NO2/c1-20-14(19)7-2-3-8(13(18)4-7)9-5-11(16)12(17)6-10(9)15/h2,5-6,8,13H,3-4,18H2,1H3. The van der Waals surface area contributed by atoms with Crippen molar-refractivity contribution in [3.8, 4) is 0 Å². The lowest BCUT2D eigenvalue weighted by Gasteiger charge is -2.28. The number of hydrogen-bond donors (Lipinski definition) is 1. The van der Waals surface area contributed by atoms with Gasteiger partial charge in [0.2, 0.25) is 0 Å². The van der Waals surface area contributed by atoms with Gasteiger partial charge in [-0.2, -0.15) is 0 Å². The van der Waals surface area contributed by atoms with Crippen molar-refractivity contribution in [2.24, 2.45) is 5.73 Å². The highest BCUT2D eigenvalue weighted by molar-refractivity contribution is 5.88. The predicted octanol–water partition coefficient (Wildman–Crippen LogP) is 2.41. The summed E-state index contributed by atoms with van der Waals surface area (Å²) in [7, 11) is 1.26. The molecule has 1 aliphatic rings. The zero-order valence-electron chi connectivity index (χ0n) is 10.8. The highest BCUT2D eigenvalue weighted by Gasteiger charge is 2.29. The van der Waals surface area contributed by atoms with Crippen molar-refractivity contribution >= 4 is 5.97 Å². The number of rotatable bonds is 2. The Morgan fingerprint density at radius 2 is 1.90 bits per heavy atom. The van der Waals surface area contributed by atoms with Gasteiger partial charge in [0.15, 0.2) is 11.6 Å². The summed E-state index contributed by atoms with van der Waals surface area (Å²) in [4.78, 5) is 11.4. The van der Waals surface area contributed by atoms with Gasteiger partial charge in [0.05, 0.1) is 7.11 Å². The van der Waals surface area contributed by atoms with Gasteiger partial charge in [0.25, 0.3) is 0 Å². The molecule has 0 saturated heterocycles. The smallest absolute Gasteiger partial charge is 0.333 e. The van der Waals surface area contributed by atoms with E-state index < -0.39 is 35.4 Å². The Morgan fingerprint density at radius 1 is 1.25 bits per heavy atom. The summed E-state index contributed by atoms with van der Waals surface area (Å²) in [5.74, 6) is -4.17. The van der Waals surface area contributed by atoms with Gasteiger partial charge in [0, 0.05) is 23.6 Å².